The summed E-state index contributed by atoms with van der Waals surface area (Å²) >= 11 is 0. The lowest BCUT2D eigenvalue weighted by molar-refractivity contribution is -0.118. The average Bonchev–Trinajstić information content (AvgIpc) is 2.47. The number of nitrogens with one attached hydrogen (secondary N) is 1. The van der Waals surface area contributed by atoms with Gasteiger partial charge in [0.2, 0.25) is 0 Å². The van der Waals surface area contributed by atoms with Gasteiger partial charge in [-0.2, -0.15) is 0 Å². The fraction of sp³-hybridized carbons (Fsp3) is 0.0667. The Morgan fingerprint density at radius 1 is 1.15 bits per heavy atom. The predicted octanol–water partition coefficient (Wildman–Crippen LogP) is 2.24. The quantitative estimate of drug-likeness (QED) is 0.670. The monoisotopic (exact) mass is 269 g/mol. The maximum Gasteiger partial charge on any atom is 0.343 e. The first-order valence-electron chi connectivity index (χ1n) is 6.06. The lowest BCUT2D eigenvalue weighted by Crippen LogP contribution is -2.25. The molecule has 0 saturated carbocycles. The van der Waals surface area contributed by atoms with E-state index < -0.39 is 5.97 Å². The van der Waals surface area contributed by atoms with Crippen molar-refractivity contribution in [1.29, 1.82) is 0 Å². The summed E-state index contributed by atoms with van der Waals surface area (Å²) in [5.74, 6) is 0.279. The van der Waals surface area contributed by atoms with E-state index in [9.17, 15) is 9.59 Å². The van der Waals surface area contributed by atoms with Crippen molar-refractivity contribution in [3.8, 4) is 11.5 Å². The number of esters is 1. The molecule has 20 heavy (non-hydrogen) atoms. The lowest BCUT2D eigenvalue weighted by Gasteiger charge is -2.18. The summed E-state index contributed by atoms with van der Waals surface area (Å²) in [6.07, 6.45) is 0. The fourth-order valence-corrected chi connectivity index (χ4v) is 1.86. The van der Waals surface area contributed by atoms with E-state index in [1.807, 2.05) is 6.07 Å². The summed E-state index contributed by atoms with van der Waals surface area (Å²) in [6.45, 7) is -0.0131. The lowest BCUT2D eigenvalue weighted by atomic mass is 10.1. The first-order chi connectivity index (χ1) is 9.72. The van der Waals surface area contributed by atoms with Gasteiger partial charge in [-0.3, -0.25) is 4.79 Å². The minimum atomic E-state index is -0.487. The van der Waals surface area contributed by atoms with E-state index in [0.29, 0.717) is 22.7 Å². The number of benzene rings is 2. The van der Waals surface area contributed by atoms with Gasteiger partial charge in [0.15, 0.2) is 6.61 Å². The first kappa shape index (κ1) is 12.2. The Kier molecular flexibility index (Phi) is 3.09. The van der Waals surface area contributed by atoms with Gasteiger partial charge in [0.1, 0.15) is 11.5 Å². The van der Waals surface area contributed by atoms with E-state index in [-0.39, 0.29) is 12.5 Å². The third-order valence-electron chi connectivity index (χ3n) is 2.80. The molecule has 0 saturated heterocycles. The highest BCUT2D eigenvalue weighted by Crippen LogP contribution is 2.28. The Bertz CT molecular complexity index is 667. The third-order valence-corrected chi connectivity index (χ3v) is 2.80. The van der Waals surface area contributed by atoms with Crippen LogP contribution >= 0.6 is 0 Å². The number of hydrogen-bond acceptors (Lipinski definition) is 4. The Morgan fingerprint density at radius 2 is 1.95 bits per heavy atom. The summed E-state index contributed by atoms with van der Waals surface area (Å²) in [4.78, 5) is 23.3. The third kappa shape index (κ3) is 2.47. The summed E-state index contributed by atoms with van der Waals surface area (Å²) in [5, 5.41) is 2.65. The SMILES string of the molecule is O=C1COc2ccc(C(=O)Oc3ccccc3)cc2N1. The van der Waals surface area contributed by atoms with Crippen molar-refractivity contribution in [2.45, 2.75) is 0 Å². The van der Waals surface area contributed by atoms with Crippen molar-refractivity contribution in [3.05, 3.63) is 54.1 Å². The van der Waals surface area contributed by atoms with Gasteiger partial charge in [-0.05, 0) is 30.3 Å². The Balaban J connectivity index is 1.82. The predicted molar refractivity (Wildman–Crippen MR) is 72.0 cm³/mol. The molecule has 0 aliphatic carbocycles. The summed E-state index contributed by atoms with van der Waals surface area (Å²) in [6, 6.07) is 13.6. The molecule has 2 aromatic rings. The summed E-state index contributed by atoms with van der Waals surface area (Å²) in [5.41, 5.74) is 0.821. The Hall–Kier alpha value is -2.82. The van der Waals surface area contributed by atoms with Crippen molar-refractivity contribution in [1.82, 2.24) is 0 Å². The van der Waals surface area contributed by atoms with E-state index >= 15 is 0 Å². The highest BCUT2D eigenvalue weighted by Gasteiger charge is 2.18. The van der Waals surface area contributed by atoms with Crippen LogP contribution in [0.3, 0.4) is 0 Å². The van der Waals surface area contributed by atoms with Crippen molar-refractivity contribution >= 4 is 17.6 Å². The minimum Gasteiger partial charge on any atom is -0.482 e. The van der Waals surface area contributed by atoms with Crippen molar-refractivity contribution in [3.63, 3.8) is 0 Å². The van der Waals surface area contributed by atoms with Gasteiger partial charge in [-0.15, -0.1) is 0 Å². The number of ether oxygens (including phenoxy) is 2. The Labute approximate surface area is 115 Å². The van der Waals surface area contributed by atoms with Gasteiger partial charge in [-0.1, -0.05) is 18.2 Å². The van der Waals surface area contributed by atoms with Crippen LogP contribution in [0.2, 0.25) is 0 Å². The maximum atomic E-state index is 12.0. The number of fused-ring (bicyclic) bond motifs is 1. The molecule has 2 aromatic carbocycles. The second-order valence-corrected chi connectivity index (χ2v) is 4.25. The van der Waals surface area contributed by atoms with Crippen LogP contribution in [0.5, 0.6) is 11.5 Å². The highest BCUT2D eigenvalue weighted by molar-refractivity contribution is 5.98. The van der Waals surface area contributed by atoms with E-state index in [1.54, 1.807) is 36.4 Å². The standard InChI is InChI=1S/C15H11NO4/c17-14-9-19-13-7-6-10(8-12(13)16-14)15(18)20-11-4-2-1-3-5-11/h1-8H,9H2,(H,16,17). The average molecular weight is 269 g/mol. The number of hydrogen-bond donors (Lipinski definition) is 1. The molecule has 3 rings (SSSR count). The number of carbonyl (C=O) groups is 2. The first-order valence-corrected chi connectivity index (χ1v) is 6.06. The molecule has 1 aliphatic rings. The van der Waals surface area contributed by atoms with Crippen LogP contribution in [0.25, 0.3) is 0 Å². The van der Waals surface area contributed by atoms with Crippen molar-refractivity contribution in [2.24, 2.45) is 0 Å². The molecular weight excluding hydrogens is 258 g/mol. The summed E-state index contributed by atoms with van der Waals surface area (Å²) in [7, 11) is 0. The molecule has 5 heteroatoms. The second-order valence-electron chi connectivity index (χ2n) is 4.25. The smallest absolute Gasteiger partial charge is 0.343 e. The molecule has 100 valence electrons. The van der Waals surface area contributed by atoms with Crippen molar-refractivity contribution < 1.29 is 19.1 Å². The molecule has 1 N–H and O–H groups in total. The second kappa shape index (κ2) is 5.05. The minimum absolute atomic E-state index is 0.0131. The fourth-order valence-electron chi connectivity index (χ4n) is 1.86. The number of amides is 1. The number of rotatable bonds is 2. The molecule has 1 heterocycles. The van der Waals surface area contributed by atoms with Gasteiger partial charge >= 0.3 is 5.97 Å². The van der Waals surface area contributed by atoms with Gasteiger partial charge in [-0.25, -0.2) is 4.79 Å². The number of para-hydroxylation sites is 1. The van der Waals surface area contributed by atoms with Crippen LogP contribution in [-0.2, 0) is 4.79 Å². The van der Waals surface area contributed by atoms with Gasteiger partial charge in [0, 0.05) is 0 Å². The Morgan fingerprint density at radius 3 is 2.75 bits per heavy atom. The zero-order valence-electron chi connectivity index (χ0n) is 10.5. The van der Waals surface area contributed by atoms with Crippen molar-refractivity contribution in [2.75, 3.05) is 11.9 Å². The zero-order valence-corrected chi connectivity index (χ0v) is 10.5. The number of carbonyl (C=O) groups excluding carboxylic acids is 2. The molecule has 0 bridgehead atoms. The van der Waals surface area contributed by atoms with Gasteiger partial charge < -0.3 is 14.8 Å². The van der Waals surface area contributed by atoms with E-state index in [2.05, 4.69) is 5.32 Å². The van der Waals surface area contributed by atoms with Crippen LogP contribution in [0, 0.1) is 0 Å². The molecule has 1 aliphatic heterocycles. The molecule has 1 amide bonds. The van der Waals surface area contributed by atoms with E-state index in [4.69, 9.17) is 9.47 Å². The molecule has 0 fully saturated rings. The van der Waals surface area contributed by atoms with Crippen LogP contribution in [0.15, 0.2) is 48.5 Å². The highest BCUT2D eigenvalue weighted by atomic mass is 16.5. The van der Waals surface area contributed by atoms with Crippen LogP contribution < -0.4 is 14.8 Å². The maximum absolute atomic E-state index is 12.0. The largest absolute Gasteiger partial charge is 0.482 e. The zero-order chi connectivity index (χ0) is 13.9. The molecule has 0 aromatic heterocycles. The topological polar surface area (TPSA) is 64.6 Å². The molecular formula is C15H11NO4. The molecule has 5 nitrogen and oxygen atoms in total. The molecule has 0 unspecified atom stereocenters. The van der Waals surface area contributed by atoms with Crippen LogP contribution in [-0.4, -0.2) is 18.5 Å². The van der Waals surface area contributed by atoms with Gasteiger partial charge in [0.05, 0.1) is 11.3 Å². The van der Waals surface area contributed by atoms with Gasteiger partial charge in [0.25, 0.3) is 5.91 Å². The normalized spacial score (nSPS) is 12.9. The number of anilines is 1. The van der Waals surface area contributed by atoms with E-state index in [0.717, 1.165) is 0 Å². The molecule has 0 spiro atoms. The molecule has 0 radical (unpaired) electrons. The molecule has 0 atom stereocenters. The van der Waals surface area contributed by atoms with Crippen LogP contribution in [0.4, 0.5) is 5.69 Å². The summed E-state index contributed by atoms with van der Waals surface area (Å²) < 4.78 is 10.5. The van der Waals surface area contributed by atoms with E-state index in [1.165, 1.54) is 6.07 Å². The van der Waals surface area contributed by atoms with Crippen LogP contribution in [0.1, 0.15) is 10.4 Å².